The Balaban J connectivity index is 2.22. The van der Waals surface area contributed by atoms with Crippen LogP contribution in [0.3, 0.4) is 0 Å². The molecular weight excluding hydrogens is 120 g/mol. The summed E-state index contributed by atoms with van der Waals surface area (Å²) in [5.74, 6) is 0. The Kier molecular flexibility index (Phi) is 0.835. The zero-order valence-corrected chi connectivity index (χ0v) is 5.29. The first-order valence-electron chi connectivity index (χ1n) is 2.93. The molecule has 2 aliphatic rings. The van der Waals surface area contributed by atoms with Crippen molar-refractivity contribution in [3.05, 3.63) is 0 Å². The van der Waals surface area contributed by atoms with Gasteiger partial charge in [0.15, 0.2) is 0 Å². The fourth-order valence-corrected chi connectivity index (χ4v) is 1.66. The van der Waals surface area contributed by atoms with E-state index >= 15 is 0 Å². The number of thiocarbonyl (C=S) groups is 1. The SMILES string of the molecule is S=C1NC2CCC1N2. The van der Waals surface area contributed by atoms with E-state index in [-0.39, 0.29) is 0 Å². The highest BCUT2D eigenvalue weighted by Crippen LogP contribution is 2.17. The van der Waals surface area contributed by atoms with E-state index in [0.717, 1.165) is 4.99 Å². The van der Waals surface area contributed by atoms with Gasteiger partial charge >= 0.3 is 0 Å². The minimum Gasteiger partial charge on any atom is -0.363 e. The quantitative estimate of drug-likeness (QED) is 0.449. The van der Waals surface area contributed by atoms with Crippen LogP contribution in [-0.4, -0.2) is 17.2 Å². The van der Waals surface area contributed by atoms with Gasteiger partial charge in [-0.15, -0.1) is 0 Å². The number of piperidine rings is 1. The highest BCUT2D eigenvalue weighted by Gasteiger charge is 2.33. The maximum Gasteiger partial charge on any atom is 0.0938 e. The molecule has 2 fully saturated rings. The van der Waals surface area contributed by atoms with E-state index in [0.29, 0.717) is 12.2 Å². The smallest absolute Gasteiger partial charge is 0.0938 e. The largest absolute Gasteiger partial charge is 0.363 e. The molecule has 44 valence electrons. The van der Waals surface area contributed by atoms with Crippen LogP contribution < -0.4 is 10.6 Å². The van der Waals surface area contributed by atoms with Crippen molar-refractivity contribution < 1.29 is 0 Å². The van der Waals surface area contributed by atoms with Crippen molar-refractivity contribution in [2.75, 3.05) is 0 Å². The van der Waals surface area contributed by atoms with Crippen molar-refractivity contribution in [1.29, 1.82) is 0 Å². The van der Waals surface area contributed by atoms with Crippen molar-refractivity contribution in [2.24, 2.45) is 0 Å². The van der Waals surface area contributed by atoms with E-state index in [4.69, 9.17) is 12.2 Å². The average molecular weight is 128 g/mol. The van der Waals surface area contributed by atoms with Gasteiger partial charge in [-0.1, -0.05) is 12.2 Å². The van der Waals surface area contributed by atoms with Gasteiger partial charge in [0.2, 0.25) is 0 Å². The van der Waals surface area contributed by atoms with Gasteiger partial charge in [0.1, 0.15) is 0 Å². The second-order valence-corrected chi connectivity index (χ2v) is 2.80. The normalized spacial score (nSPS) is 42.8. The van der Waals surface area contributed by atoms with Crippen molar-refractivity contribution in [3.63, 3.8) is 0 Å². The maximum atomic E-state index is 5.00. The molecule has 0 aromatic heterocycles. The molecule has 0 amide bonds. The van der Waals surface area contributed by atoms with Crippen LogP contribution in [0, 0.1) is 0 Å². The Morgan fingerprint density at radius 3 is 2.62 bits per heavy atom. The summed E-state index contributed by atoms with van der Waals surface area (Å²) in [5.41, 5.74) is 0. The van der Waals surface area contributed by atoms with Gasteiger partial charge in [0.05, 0.1) is 17.2 Å². The van der Waals surface area contributed by atoms with Gasteiger partial charge in [-0.3, -0.25) is 5.32 Å². The first-order valence-corrected chi connectivity index (χ1v) is 3.33. The fourth-order valence-electron chi connectivity index (χ4n) is 1.34. The molecule has 8 heavy (non-hydrogen) atoms. The fraction of sp³-hybridized carbons (Fsp3) is 0.800. The monoisotopic (exact) mass is 128 g/mol. The van der Waals surface area contributed by atoms with Crippen molar-refractivity contribution in [1.82, 2.24) is 10.6 Å². The second-order valence-electron chi connectivity index (χ2n) is 2.36. The summed E-state index contributed by atoms with van der Waals surface area (Å²) in [5, 5.41) is 6.50. The molecule has 2 bridgehead atoms. The zero-order valence-electron chi connectivity index (χ0n) is 4.48. The van der Waals surface area contributed by atoms with Crippen LogP contribution in [0.25, 0.3) is 0 Å². The molecule has 2 unspecified atom stereocenters. The van der Waals surface area contributed by atoms with Crippen molar-refractivity contribution in [2.45, 2.75) is 25.0 Å². The molecule has 3 heteroatoms. The highest BCUT2D eigenvalue weighted by molar-refractivity contribution is 7.80. The summed E-state index contributed by atoms with van der Waals surface area (Å²) in [6, 6.07) is 0.509. The second kappa shape index (κ2) is 1.42. The molecule has 2 N–H and O–H groups in total. The van der Waals surface area contributed by atoms with Gasteiger partial charge in [-0.2, -0.15) is 0 Å². The van der Waals surface area contributed by atoms with Crippen LogP contribution in [0.2, 0.25) is 0 Å². The van der Waals surface area contributed by atoms with E-state index in [9.17, 15) is 0 Å². The third-order valence-corrected chi connectivity index (χ3v) is 2.18. The van der Waals surface area contributed by atoms with E-state index in [1.165, 1.54) is 12.8 Å². The molecule has 2 saturated heterocycles. The van der Waals surface area contributed by atoms with Gasteiger partial charge in [-0.05, 0) is 12.8 Å². The van der Waals surface area contributed by atoms with E-state index < -0.39 is 0 Å². The van der Waals surface area contributed by atoms with Crippen LogP contribution in [0.15, 0.2) is 0 Å². The van der Waals surface area contributed by atoms with E-state index in [1.54, 1.807) is 0 Å². The molecule has 2 heterocycles. The maximum absolute atomic E-state index is 5.00. The van der Waals surface area contributed by atoms with Crippen molar-refractivity contribution in [3.8, 4) is 0 Å². The lowest BCUT2D eigenvalue weighted by Gasteiger charge is -2.09. The first-order chi connectivity index (χ1) is 3.86. The Labute approximate surface area is 53.6 Å². The minimum absolute atomic E-state index is 0.507. The van der Waals surface area contributed by atoms with Crippen LogP contribution in [0.5, 0.6) is 0 Å². The third-order valence-electron chi connectivity index (χ3n) is 1.78. The standard InChI is InChI=1S/C5H8N2S/c8-5-3-1-2-4(6-3)7-5/h3-4,6H,1-2H2,(H,7,8). The topological polar surface area (TPSA) is 24.1 Å². The van der Waals surface area contributed by atoms with Gasteiger partial charge < -0.3 is 5.32 Å². The molecule has 0 aromatic rings. The zero-order chi connectivity index (χ0) is 5.56. The predicted molar refractivity (Wildman–Crippen MR) is 35.7 cm³/mol. The lowest BCUT2D eigenvalue weighted by Crippen LogP contribution is -2.30. The summed E-state index contributed by atoms with van der Waals surface area (Å²) < 4.78 is 0. The van der Waals surface area contributed by atoms with Crippen LogP contribution in [0.4, 0.5) is 0 Å². The predicted octanol–water partition coefficient (Wildman–Crippen LogP) is -0.00490. The molecule has 0 saturated carbocycles. The minimum atomic E-state index is 0.507. The molecule has 0 spiro atoms. The number of hydrogen-bond acceptors (Lipinski definition) is 2. The first kappa shape index (κ1) is 4.70. The summed E-state index contributed by atoms with van der Waals surface area (Å²) in [6.45, 7) is 0. The summed E-state index contributed by atoms with van der Waals surface area (Å²) in [7, 11) is 0. The molecule has 0 radical (unpaired) electrons. The summed E-state index contributed by atoms with van der Waals surface area (Å²) in [4.78, 5) is 1.02. The van der Waals surface area contributed by atoms with E-state index in [2.05, 4.69) is 10.6 Å². The van der Waals surface area contributed by atoms with Crippen molar-refractivity contribution >= 4 is 17.2 Å². The number of nitrogens with one attached hydrogen (secondary N) is 2. The Hall–Kier alpha value is -0.150. The Morgan fingerprint density at radius 1 is 1.50 bits per heavy atom. The third kappa shape index (κ3) is 0.485. The average Bonchev–Trinajstić information content (AvgIpc) is 2.23. The highest BCUT2D eigenvalue weighted by atomic mass is 32.1. The van der Waals surface area contributed by atoms with Gasteiger partial charge in [-0.25, -0.2) is 0 Å². The molecule has 2 aliphatic heterocycles. The van der Waals surface area contributed by atoms with Gasteiger partial charge in [0, 0.05) is 0 Å². The van der Waals surface area contributed by atoms with Crippen LogP contribution in [-0.2, 0) is 0 Å². The number of rotatable bonds is 0. The molecule has 2 atom stereocenters. The Bertz CT molecular complexity index is 134. The summed E-state index contributed by atoms with van der Waals surface area (Å²) in [6.07, 6.45) is 2.98. The number of hydrogen-bond donors (Lipinski definition) is 2. The molecule has 2 rings (SSSR count). The molecule has 0 aliphatic carbocycles. The molecule has 0 aromatic carbocycles. The van der Waals surface area contributed by atoms with Crippen LogP contribution >= 0.6 is 12.2 Å². The Morgan fingerprint density at radius 2 is 2.38 bits per heavy atom. The van der Waals surface area contributed by atoms with Gasteiger partial charge in [0.25, 0.3) is 0 Å². The lowest BCUT2D eigenvalue weighted by molar-refractivity contribution is 0.605. The molecule has 2 nitrogen and oxygen atoms in total. The lowest BCUT2D eigenvalue weighted by atomic mass is 10.2. The summed E-state index contributed by atoms with van der Waals surface area (Å²) >= 11 is 5.00. The molecular formula is C5H8N2S. The van der Waals surface area contributed by atoms with Crippen LogP contribution in [0.1, 0.15) is 12.8 Å². The number of fused-ring (bicyclic) bond motifs is 2. The van der Waals surface area contributed by atoms with E-state index in [1.807, 2.05) is 0 Å².